The number of anilines is 1. The van der Waals surface area contributed by atoms with Crippen LogP contribution in [0.2, 0.25) is 0 Å². The summed E-state index contributed by atoms with van der Waals surface area (Å²) in [5.41, 5.74) is 3.73. The van der Waals surface area contributed by atoms with Crippen molar-refractivity contribution in [2.24, 2.45) is 7.05 Å². The Labute approximate surface area is 166 Å². The van der Waals surface area contributed by atoms with Gasteiger partial charge < -0.3 is 4.90 Å². The SMILES string of the molecule is CCN(CC)c1ccc(/C=C/c2ccc(/C=C/c3cc[n+](C)cc3)s2)cc1. The molecule has 0 fully saturated rings. The van der Waals surface area contributed by atoms with E-state index in [-0.39, 0.29) is 0 Å². The number of aromatic nitrogens is 1. The van der Waals surface area contributed by atoms with Gasteiger partial charge in [-0.25, -0.2) is 4.57 Å². The Kier molecular flexibility index (Phi) is 6.61. The second kappa shape index (κ2) is 9.33. The lowest BCUT2D eigenvalue weighted by Crippen LogP contribution is -2.25. The lowest BCUT2D eigenvalue weighted by atomic mass is 10.1. The average molecular weight is 376 g/mol. The molecule has 0 N–H and O–H groups in total. The molecule has 0 radical (unpaired) electrons. The van der Waals surface area contributed by atoms with Crippen molar-refractivity contribution in [2.45, 2.75) is 13.8 Å². The first-order valence-electron chi connectivity index (χ1n) is 9.44. The van der Waals surface area contributed by atoms with E-state index in [0.717, 1.165) is 13.1 Å². The van der Waals surface area contributed by atoms with Gasteiger partial charge in [-0.1, -0.05) is 24.3 Å². The van der Waals surface area contributed by atoms with E-state index < -0.39 is 0 Å². The van der Waals surface area contributed by atoms with Crippen molar-refractivity contribution in [3.05, 3.63) is 81.8 Å². The Morgan fingerprint density at radius 1 is 0.741 bits per heavy atom. The molecule has 0 aliphatic carbocycles. The lowest BCUT2D eigenvalue weighted by molar-refractivity contribution is -0.671. The Bertz CT molecular complexity index is 898. The van der Waals surface area contributed by atoms with Crippen LogP contribution in [0.4, 0.5) is 5.69 Å². The molecule has 0 spiro atoms. The summed E-state index contributed by atoms with van der Waals surface area (Å²) in [7, 11) is 2.03. The van der Waals surface area contributed by atoms with Gasteiger partial charge in [0.25, 0.3) is 0 Å². The van der Waals surface area contributed by atoms with Crippen molar-refractivity contribution in [3.63, 3.8) is 0 Å². The molecule has 2 nitrogen and oxygen atoms in total. The third-order valence-electron chi connectivity index (χ3n) is 4.55. The molecule has 0 atom stereocenters. The predicted octanol–water partition coefficient (Wildman–Crippen LogP) is 5.76. The van der Waals surface area contributed by atoms with Crippen LogP contribution in [-0.4, -0.2) is 13.1 Å². The highest BCUT2D eigenvalue weighted by Crippen LogP contribution is 2.22. The molecule has 0 aliphatic rings. The molecular formula is C24H27N2S+. The Morgan fingerprint density at radius 2 is 1.26 bits per heavy atom. The highest BCUT2D eigenvalue weighted by atomic mass is 32.1. The molecule has 0 aliphatic heterocycles. The molecule has 3 rings (SSSR count). The van der Waals surface area contributed by atoms with Crippen molar-refractivity contribution in [1.82, 2.24) is 0 Å². The fourth-order valence-corrected chi connectivity index (χ4v) is 3.73. The summed E-state index contributed by atoms with van der Waals surface area (Å²) in [6.07, 6.45) is 12.8. The van der Waals surface area contributed by atoms with Gasteiger partial charge in [-0.15, -0.1) is 11.3 Å². The number of rotatable bonds is 7. The maximum absolute atomic E-state index is 2.36. The van der Waals surface area contributed by atoms with E-state index in [9.17, 15) is 0 Å². The monoisotopic (exact) mass is 375 g/mol. The topological polar surface area (TPSA) is 7.12 Å². The molecular weight excluding hydrogens is 348 g/mol. The third kappa shape index (κ3) is 5.41. The van der Waals surface area contributed by atoms with E-state index >= 15 is 0 Å². The number of aryl methyl sites for hydroxylation is 1. The van der Waals surface area contributed by atoms with E-state index in [1.54, 1.807) is 11.3 Å². The maximum atomic E-state index is 2.36. The fraction of sp³-hybridized carbons (Fsp3) is 0.208. The number of thiophene rings is 1. The summed E-state index contributed by atoms with van der Waals surface area (Å²) < 4.78 is 2.04. The van der Waals surface area contributed by atoms with Crippen LogP contribution in [0.25, 0.3) is 24.3 Å². The minimum Gasteiger partial charge on any atom is -0.372 e. The van der Waals surface area contributed by atoms with Crippen LogP contribution < -0.4 is 9.47 Å². The molecule has 0 unspecified atom stereocenters. The number of pyridine rings is 1. The number of nitrogens with zero attached hydrogens (tertiary/aromatic N) is 2. The van der Waals surface area contributed by atoms with Crippen molar-refractivity contribution in [3.8, 4) is 0 Å². The highest BCUT2D eigenvalue weighted by molar-refractivity contribution is 7.13. The fourth-order valence-electron chi connectivity index (χ4n) is 2.91. The molecule has 1 aromatic carbocycles. The van der Waals surface area contributed by atoms with E-state index in [2.05, 4.69) is 104 Å². The van der Waals surface area contributed by atoms with E-state index in [4.69, 9.17) is 0 Å². The standard InChI is InChI=1S/C24H27N2S/c1-4-26(5-2)22-10-6-20(7-11-22)8-12-23-14-15-24(27-23)13-9-21-16-18-25(3)19-17-21/h6-19H,4-5H2,1-3H3/q+1. The van der Waals surface area contributed by atoms with Crippen molar-refractivity contribution in [2.75, 3.05) is 18.0 Å². The Hall–Kier alpha value is -2.65. The van der Waals surface area contributed by atoms with Crippen LogP contribution in [0.5, 0.6) is 0 Å². The normalized spacial score (nSPS) is 11.5. The van der Waals surface area contributed by atoms with Gasteiger partial charge in [0.1, 0.15) is 7.05 Å². The zero-order valence-electron chi connectivity index (χ0n) is 16.3. The van der Waals surface area contributed by atoms with Crippen LogP contribution in [0, 0.1) is 0 Å². The lowest BCUT2D eigenvalue weighted by Gasteiger charge is -2.20. The van der Waals surface area contributed by atoms with E-state index in [1.165, 1.54) is 26.6 Å². The van der Waals surface area contributed by atoms with Gasteiger partial charge in [-0.05, 0) is 61.4 Å². The van der Waals surface area contributed by atoms with Crippen LogP contribution in [0.3, 0.4) is 0 Å². The molecule has 3 aromatic rings. The summed E-state index contributed by atoms with van der Waals surface area (Å²) in [6.45, 7) is 6.47. The predicted molar refractivity (Wildman–Crippen MR) is 120 cm³/mol. The van der Waals surface area contributed by atoms with Crippen molar-refractivity contribution >= 4 is 41.3 Å². The molecule has 0 saturated heterocycles. The molecule has 2 heterocycles. The van der Waals surface area contributed by atoms with E-state index in [0.29, 0.717) is 0 Å². The quantitative estimate of drug-likeness (QED) is 0.476. The molecule has 3 heteroatoms. The van der Waals surface area contributed by atoms with Gasteiger partial charge in [0.2, 0.25) is 0 Å². The Balaban J connectivity index is 1.64. The maximum Gasteiger partial charge on any atom is 0.169 e. The summed E-state index contributed by atoms with van der Waals surface area (Å²) in [5.74, 6) is 0. The zero-order valence-corrected chi connectivity index (χ0v) is 17.1. The van der Waals surface area contributed by atoms with Gasteiger partial charge in [0.05, 0.1) is 0 Å². The number of benzene rings is 1. The summed E-state index contributed by atoms with van der Waals surface area (Å²) >= 11 is 1.80. The number of hydrogen-bond donors (Lipinski definition) is 0. The minimum absolute atomic E-state index is 1.04. The molecule has 0 bridgehead atoms. The van der Waals surface area contributed by atoms with Crippen LogP contribution in [0.1, 0.15) is 34.7 Å². The van der Waals surface area contributed by atoms with Crippen LogP contribution in [0.15, 0.2) is 60.9 Å². The molecule has 2 aromatic heterocycles. The summed E-state index contributed by atoms with van der Waals surface area (Å²) in [6, 6.07) is 17.4. The first kappa shape index (κ1) is 19.1. The smallest absolute Gasteiger partial charge is 0.169 e. The van der Waals surface area contributed by atoms with Gasteiger partial charge in [0.15, 0.2) is 12.4 Å². The number of hydrogen-bond acceptors (Lipinski definition) is 2. The van der Waals surface area contributed by atoms with Gasteiger partial charge in [0, 0.05) is 40.7 Å². The summed E-state index contributed by atoms with van der Waals surface area (Å²) in [4.78, 5) is 4.89. The largest absolute Gasteiger partial charge is 0.372 e. The van der Waals surface area contributed by atoms with Gasteiger partial charge >= 0.3 is 0 Å². The molecule has 0 amide bonds. The third-order valence-corrected chi connectivity index (χ3v) is 5.57. The minimum atomic E-state index is 1.04. The van der Waals surface area contributed by atoms with Crippen molar-refractivity contribution < 1.29 is 4.57 Å². The highest BCUT2D eigenvalue weighted by Gasteiger charge is 2.00. The average Bonchev–Trinajstić information content (AvgIpc) is 3.16. The van der Waals surface area contributed by atoms with Gasteiger partial charge in [-0.3, -0.25) is 0 Å². The van der Waals surface area contributed by atoms with E-state index in [1.807, 2.05) is 11.6 Å². The first-order valence-corrected chi connectivity index (χ1v) is 10.3. The second-order valence-electron chi connectivity index (χ2n) is 6.47. The van der Waals surface area contributed by atoms with Crippen LogP contribution in [-0.2, 0) is 7.05 Å². The van der Waals surface area contributed by atoms with Crippen LogP contribution >= 0.6 is 11.3 Å². The summed E-state index contributed by atoms with van der Waals surface area (Å²) in [5, 5.41) is 0. The molecule has 27 heavy (non-hydrogen) atoms. The molecule has 138 valence electrons. The zero-order chi connectivity index (χ0) is 19.1. The van der Waals surface area contributed by atoms with Gasteiger partial charge in [-0.2, -0.15) is 0 Å². The first-order chi connectivity index (χ1) is 13.2. The molecule has 0 saturated carbocycles. The van der Waals surface area contributed by atoms with Crippen molar-refractivity contribution in [1.29, 1.82) is 0 Å². The second-order valence-corrected chi connectivity index (χ2v) is 7.61. The Morgan fingerprint density at radius 3 is 1.78 bits per heavy atom.